The Morgan fingerprint density at radius 1 is 1.19 bits per heavy atom. The summed E-state index contributed by atoms with van der Waals surface area (Å²) in [5.74, 6) is -0.692. The van der Waals surface area contributed by atoms with Crippen LogP contribution >= 0.6 is 0 Å². The highest BCUT2D eigenvalue weighted by atomic mass is 16.6. The number of aryl methyl sites for hydroxylation is 1. The summed E-state index contributed by atoms with van der Waals surface area (Å²) in [4.78, 5) is 40.7. The van der Waals surface area contributed by atoms with Crippen molar-refractivity contribution in [2.75, 3.05) is 26.3 Å². The van der Waals surface area contributed by atoms with E-state index in [1.807, 2.05) is 29.2 Å². The monoisotopic (exact) mass is 431 g/mol. The van der Waals surface area contributed by atoms with Gasteiger partial charge in [-0.3, -0.25) is 9.59 Å². The van der Waals surface area contributed by atoms with Gasteiger partial charge in [-0.1, -0.05) is 24.3 Å². The van der Waals surface area contributed by atoms with E-state index in [0.717, 1.165) is 11.1 Å². The molecule has 168 valence electrons. The summed E-state index contributed by atoms with van der Waals surface area (Å²) in [6.45, 7) is 7.53. The summed E-state index contributed by atoms with van der Waals surface area (Å²) < 4.78 is 10.4. The topological polar surface area (TPSA) is 134 Å². The fraction of sp³-hybridized carbons (Fsp3) is 0.571. The number of azide groups is 1. The number of rotatable bonds is 7. The Bertz CT molecular complexity index is 822. The van der Waals surface area contributed by atoms with Crippen molar-refractivity contribution in [1.29, 1.82) is 0 Å². The highest BCUT2D eigenvalue weighted by molar-refractivity contribution is 5.86. The Balaban J connectivity index is 1.94. The quantitative estimate of drug-likeness (QED) is 0.402. The van der Waals surface area contributed by atoms with E-state index in [1.165, 1.54) is 0 Å². The molecule has 1 N–H and O–H groups in total. The predicted octanol–water partition coefficient (Wildman–Crippen LogP) is 2.75. The zero-order valence-electron chi connectivity index (χ0n) is 18.2. The van der Waals surface area contributed by atoms with Gasteiger partial charge in [-0.2, -0.15) is 0 Å². The molecule has 10 heteroatoms. The zero-order chi connectivity index (χ0) is 22.9. The summed E-state index contributed by atoms with van der Waals surface area (Å²) >= 11 is 0. The lowest BCUT2D eigenvalue weighted by molar-refractivity contribution is -0.135. The maximum Gasteiger partial charge on any atom is 0.408 e. The van der Waals surface area contributed by atoms with Crippen molar-refractivity contribution in [3.8, 4) is 0 Å². The number of benzene rings is 1. The molecule has 31 heavy (non-hydrogen) atoms. The molecule has 1 saturated heterocycles. The smallest absolute Gasteiger partial charge is 0.408 e. The van der Waals surface area contributed by atoms with Crippen molar-refractivity contribution in [1.82, 2.24) is 10.2 Å². The predicted molar refractivity (Wildman–Crippen MR) is 113 cm³/mol. The number of nitrogens with zero attached hydrogens (tertiary/aromatic N) is 4. The lowest BCUT2D eigenvalue weighted by atomic mass is 10.0. The molecule has 0 unspecified atom stereocenters. The minimum absolute atomic E-state index is 0.106. The van der Waals surface area contributed by atoms with E-state index in [9.17, 15) is 14.4 Å². The Labute approximate surface area is 181 Å². The zero-order valence-corrected chi connectivity index (χ0v) is 18.2. The molecule has 0 saturated carbocycles. The Kier molecular flexibility index (Phi) is 8.84. The third-order valence-corrected chi connectivity index (χ3v) is 4.59. The van der Waals surface area contributed by atoms with E-state index in [4.69, 9.17) is 15.0 Å². The van der Waals surface area contributed by atoms with Gasteiger partial charge in [-0.25, -0.2) is 4.79 Å². The first-order valence-electron chi connectivity index (χ1n) is 10.2. The lowest BCUT2D eigenvalue weighted by Crippen LogP contribution is -2.44. The van der Waals surface area contributed by atoms with Gasteiger partial charge in [0.2, 0.25) is 11.8 Å². The number of alkyl carbamates (subject to hydrolysis) is 1. The van der Waals surface area contributed by atoms with Crippen LogP contribution in [0.15, 0.2) is 29.4 Å². The van der Waals surface area contributed by atoms with Crippen molar-refractivity contribution in [2.24, 2.45) is 5.11 Å². The number of hydrogen-bond acceptors (Lipinski definition) is 5. The molecule has 0 bridgehead atoms. The van der Waals surface area contributed by atoms with E-state index in [2.05, 4.69) is 15.3 Å². The van der Waals surface area contributed by atoms with Crippen LogP contribution in [0.5, 0.6) is 0 Å². The largest absolute Gasteiger partial charge is 0.444 e. The summed E-state index contributed by atoms with van der Waals surface area (Å²) in [7, 11) is 0. The highest BCUT2D eigenvalue weighted by Gasteiger charge is 2.24. The van der Waals surface area contributed by atoms with Gasteiger partial charge in [0.25, 0.3) is 0 Å². The van der Waals surface area contributed by atoms with Gasteiger partial charge in [0.1, 0.15) is 11.6 Å². The fourth-order valence-electron chi connectivity index (χ4n) is 3.06. The minimum atomic E-state index is -1.04. The maximum absolute atomic E-state index is 12.3. The van der Waals surface area contributed by atoms with E-state index in [1.54, 1.807) is 20.8 Å². The lowest BCUT2D eigenvalue weighted by Gasteiger charge is -2.26. The van der Waals surface area contributed by atoms with Crippen molar-refractivity contribution in [3.63, 3.8) is 0 Å². The Morgan fingerprint density at radius 2 is 1.81 bits per heavy atom. The molecule has 1 heterocycles. The third-order valence-electron chi connectivity index (χ3n) is 4.59. The molecule has 1 aromatic rings. The number of carbonyl (C=O) groups is 3. The van der Waals surface area contributed by atoms with Gasteiger partial charge in [0.15, 0.2) is 0 Å². The molecule has 0 spiro atoms. The van der Waals surface area contributed by atoms with Gasteiger partial charge >= 0.3 is 6.09 Å². The first-order chi connectivity index (χ1) is 14.7. The standard InChI is InChI=1S/C21H29N5O5/c1-21(2,3)31-20(29)23-17(19(28)24-25-22)14-16-6-4-15(5-7-16)8-9-18(27)26-10-12-30-13-11-26/h4-7,17H,8-14H2,1-3H3,(H,23,29)/t17-/m0/s1. The first kappa shape index (κ1) is 24.2. The molecular formula is C21H29N5O5. The van der Waals surface area contributed by atoms with Crippen LogP contribution in [-0.4, -0.2) is 60.8 Å². The van der Waals surface area contributed by atoms with Gasteiger partial charge in [0.05, 0.1) is 13.2 Å². The number of hydrogen-bond donors (Lipinski definition) is 1. The molecule has 0 aliphatic carbocycles. The molecule has 1 aliphatic rings. The van der Waals surface area contributed by atoms with Gasteiger partial charge in [-0.15, -0.1) is 0 Å². The van der Waals surface area contributed by atoms with Crippen molar-refractivity contribution >= 4 is 17.9 Å². The number of carbonyl (C=O) groups excluding carboxylic acids is 3. The molecule has 3 amide bonds. The first-order valence-corrected chi connectivity index (χ1v) is 10.2. The second-order valence-corrected chi connectivity index (χ2v) is 8.24. The maximum atomic E-state index is 12.3. The second kappa shape index (κ2) is 11.3. The molecule has 0 aromatic heterocycles. The number of morpholine rings is 1. The molecule has 0 radical (unpaired) electrons. The molecule has 10 nitrogen and oxygen atoms in total. The summed E-state index contributed by atoms with van der Waals surface area (Å²) in [6.07, 6.45) is 0.396. The van der Waals surface area contributed by atoms with E-state index in [-0.39, 0.29) is 12.3 Å². The van der Waals surface area contributed by atoms with E-state index < -0.39 is 23.6 Å². The molecule has 1 aliphatic heterocycles. The summed E-state index contributed by atoms with van der Waals surface area (Å²) in [5, 5.41) is 5.56. The third kappa shape index (κ3) is 8.65. The minimum Gasteiger partial charge on any atom is -0.444 e. The van der Waals surface area contributed by atoms with Crippen molar-refractivity contribution in [2.45, 2.75) is 51.7 Å². The fourth-order valence-corrected chi connectivity index (χ4v) is 3.06. The van der Waals surface area contributed by atoms with Crippen LogP contribution < -0.4 is 5.32 Å². The van der Waals surface area contributed by atoms with Crippen LogP contribution in [0.3, 0.4) is 0 Å². The SMILES string of the molecule is CC(C)(C)OC(=O)N[C@@H](Cc1ccc(CCC(=O)N2CCOCC2)cc1)C(=O)N=[N+]=[N-]. The normalized spacial score (nSPS) is 14.9. The molecule has 1 atom stereocenters. The van der Waals surface area contributed by atoms with Crippen molar-refractivity contribution < 1.29 is 23.9 Å². The summed E-state index contributed by atoms with van der Waals surface area (Å²) in [5.41, 5.74) is 9.60. The van der Waals surface area contributed by atoms with Gasteiger partial charge in [0, 0.05) is 30.8 Å². The number of amides is 3. The number of ether oxygens (including phenoxy) is 2. The van der Waals surface area contributed by atoms with Crippen LogP contribution in [0, 0.1) is 0 Å². The highest BCUT2D eigenvalue weighted by Crippen LogP contribution is 2.12. The van der Waals surface area contributed by atoms with E-state index in [0.29, 0.717) is 39.1 Å². The average Bonchev–Trinajstić information content (AvgIpc) is 2.72. The number of nitrogens with one attached hydrogen (secondary N) is 1. The molecule has 1 fully saturated rings. The summed E-state index contributed by atoms with van der Waals surface area (Å²) in [6, 6.07) is 6.36. The van der Waals surface area contributed by atoms with Crippen molar-refractivity contribution in [3.05, 3.63) is 45.8 Å². The van der Waals surface area contributed by atoms with Crippen LogP contribution in [-0.2, 0) is 31.9 Å². The van der Waals surface area contributed by atoms with Crippen LogP contribution in [0.2, 0.25) is 0 Å². The average molecular weight is 431 g/mol. The van der Waals surface area contributed by atoms with Crippen LogP contribution in [0.4, 0.5) is 4.79 Å². The molecule has 2 rings (SSSR count). The van der Waals surface area contributed by atoms with Gasteiger partial charge < -0.3 is 19.7 Å². The molecule has 1 aromatic carbocycles. The molecular weight excluding hydrogens is 402 g/mol. The van der Waals surface area contributed by atoms with E-state index >= 15 is 0 Å². The van der Waals surface area contributed by atoms with Gasteiger partial charge in [-0.05, 0) is 49.0 Å². The van der Waals surface area contributed by atoms with Crippen LogP contribution in [0.25, 0.3) is 10.4 Å². The Morgan fingerprint density at radius 3 is 2.39 bits per heavy atom. The second-order valence-electron chi connectivity index (χ2n) is 8.24. The van der Waals surface area contributed by atoms with Crippen LogP contribution in [0.1, 0.15) is 38.3 Å². The Hall–Kier alpha value is -3.10.